The third-order valence-electron chi connectivity index (χ3n) is 1.87. The van der Waals surface area contributed by atoms with Gasteiger partial charge in [-0.3, -0.25) is 4.79 Å². The molecule has 0 unspecified atom stereocenters. The number of rotatable bonds is 3. The maximum absolute atomic E-state index is 11.0. The van der Waals surface area contributed by atoms with Crippen LogP contribution in [0.5, 0.6) is 0 Å². The minimum absolute atomic E-state index is 0.234. The first-order valence-electron chi connectivity index (χ1n) is 4.16. The molecule has 0 fully saturated rings. The molecule has 0 atom stereocenters. The predicted molar refractivity (Wildman–Crippen MR) is 58.4 cm³/mol. The largest absolute Gasteiger partial charge is 0.469 e. The van der Waals surface area contributed by atoms with E-state index in [0.29, 0.717) is 6.42 Å². The lowest BCUT2D eigenvalue weighted by atomic mass is 10.1. The molecule has 0 radical (unpaired) electrons. The smallest absolute Gasteiger partial charge is 0.309 e. The summed E-state index contributed by atoms with van der Waals surface area (Å²) in [5, 5.41) is 0. The molecule has 1 aromatic rings. The summed E-state index contributed by atoms with van der Waals surface area (Å²) < 4.78 is 4.58. The highest BCUT2D eigenvalue weighted by atomic mass is 32.2. The van der Waals surface area contributed by atoms with Crippen molar-refractivity contribution in [1.82, 2.24) is 0 Å². The van der Waals surface area contributed by atoms with Gasteiger partial charge in [-0.1, -0.05) is 6.07 Å². The molecule has 0 saturated carbocycles. The number of esters is 1. The van der Waals surface area contributed by atoms with E-state index in [1.807, 2.05) is 24.5 Å². The Bertz CT molecular complexity index is 339. The minimum atomic E-state index is -0.234. The number of carbonyl (C=O) groups excluding carboxylic acids is 1. The number of thioether (sulfide) groups is 1. The molecule has 1 aromatic carbocycles. The molecule has 0 saturated heterocycles. The van der Waals surface area contributed by atoms with Gasteiger partial charge in [0.1, 0.15) is 0 Å². The van der Waals surface area contributed by atoms with E-state index in [2.05, 4.69) is 4.74 Å². The summed E-state index contributed by atoms with van der Waals surface area (Å²) in [6.45, 7) is 0. The molecule has 0 aliphatic rings. The molecule has 76 valence electrons. The Labute approximate surface area is 87.6 Å². The normalized spacial score (nSPS) is 9.86. The molecule has 0 spiro atoms. The van der Waals surface area contributed by atoms with E-state index < -0.39 is 0 Å². The van der Waals surface area contributed by atoms with Gasteiger partial charge in [-0.25, -0.2) is 0 Å². The standard InChI is InChI=1S/C10H13NO2S/c1-13-10(12)6-7-3-4-8(11)9(5-7)14-2/h3-5H,6,11H2,1-2H3. The van der Waals surface area contributed by atoms with Crippen molar-refractivity contribution in [2.45, 2.75) is 11.3 Å². The summed E-state index contributed by atoms with van der Waals surface area (Å²) in [6.07, 6.45) is 2.25. The number of hydrogen-bond donors (Lipinski definition) is 1. The van der Waals surface area contributed by atoms with Crippen LogP contribution in [0.2, 0.25) is 0 Å². The second-order valence-corrected chi connectivity index (χ2v) is 3.68. The SMILES string of the molecule is COC(=O)Cc1ccc(N)c(SC)c1. The number of benzene rings is 1. The molecular formula is C10H13NO2S. The molecular weight excluding hydrogens is 198 g/mol. The zero-order valence-corrected chi connectivity index (χ0v) is 9.06. The van der Waals surface area contributed by atoms with Gasteiger partial charge < -0.3 is 10.5 Å². The summed E-state index contributed by atoms with van der Waals surface area (Å²) in [6, 6.07) is 5.56. The van der Waals surface area contributed by atoms with E-state index in [9.17, 15) is 4.79 Å². The highest BCUT2D eigenvalue weighted by molar-refractivity contribution is 7.98. The van der Waals surface area contributed by atoms with Gasteiger partial charge in [-0.15, -0.1) is 11.8 Å². The summed E-state index contributed by atoms with van der Waals surface area (Å²) >= 11 is 1.57. The van der Waals surface area contributed by atoms with Gasteiger partial charge in [-0.2, -0.15) is 0 Å². The molecule has 0 aliphatic heterocycles. The zero-order chi connectivity index (χ0) is 10.6. The Hall–Kier alpha value is -1.16. The fraction of sp³-hybridized carbons (Fsp3) is 0.300. The lowest BCUT2D eigenvalue weighted by Gasteiger charge is -2.05. The number of carbonyl (C=O) groups is 1. The zero-order valence-electron chi connectivity index (χ0n) is 8.24. The average molecular weight is 211 g/mol. The highest BCUT2D eigenvalue weighted by Crippen LogP contribution is 2.23. The van der Waals surface area contributed by atoms with Crippen LogP contribution in [0.4, 0.5) is 5.69 Å². The summed E-state index contributed by atoms with van der Waals surface area (Å²) in [5.74, 6) is -0.234. The topological polar surface area (TPSA) is 52.3 Å². The van der Waals surface area contributed by atoms with Gasteiger partial charge in [0.25, 0.3) is 0 Å². The van der Waals surface area contributed by atoms with Crippen molar-refractivity contribution in [3.63, 3.8) is 0 Å². The Morgan fingerprint density at radius 3 is 2.86 bits per heavy atom. The Morgan fingerprint density at radius 2 is 2.29 bits per heavy atom. The van der Waals surface area contributed by atoms with Crippen LogP contribution in [0.25, 0.3) is 0 Å². The molecule has 1 rings (SSSR count). The molecule has 0 bridgehead atoms. The lowest BCUT2D eigenvalue weighted by Crippen LogP contribution is -2.04. The number of hydrogen-bond acceptors (Lipinski definition) is 4. The van der Waals surface area contributed by atoms with Crippen molar-refractivity contribution < 1.29 is 9.53 Å². The quantitative estimate of drug-likeness (QED) is 0.470. The van der Waals surface area contributed by atoms with Gasteiger partial charge in [0.05, 0.1) is 13.5 Å². The number of methoxy groups -OCH3 is 1. The molecule has 14 heavy (non-hydrogen) atoms. The van der Waals surface area contributed by atoms with Crippen molar-refractivity contribution in [1.29, 1.82) is 0 Å². The van der Waals surface area contributed by atoms with Crippen LogP contribution in [0, 0.1) is 0 Å². The van der Waals surface area contributed by atoms with Crippen molar-refractivity contribution in [3.05, 3.63) is 23.8 Å². The van der Waals surface area contributed by atoms with Crippen molar-refractivity contribution >= 4 is 23.4 Å². The highest BCUT2D eigenvalue weighted by Gasteiger charge is 2.05. The van der Waals surface area contributed by atoms with Crippen LogP contribution in [-0.2, 0) is 16.0 Å². The Balaban J connectivity index is 2.84. The third-order valence-corrected chi connectivity index (χ3v) is 2.67. The van der Waals surface area contributed by atoms with Crippen molar-refractivity contribution in [2.24, 2.45) is 0 Å². The first-order chi connectivity index (χ1) is 6.67. The molecule has 2 N–H and O–H groups in total. The number of ether oxygens (including phenoxy) is 1. The van der Waals surface area contributed by atoms with Gasteiger partial charge in [-0.05, 0) is 24.0 Å². The maximum Gasteiger partial charge on any atom is 0.309 e. The van der Waals surface area contributed by atoms with E-state index >= 15 is 0 Å². The molecule has 3 nitrogen and oxygen atoms in total. The molecule has 0 amide bonds. The average Bonchev–Trinajstić information content (AvgIpc) is 2.20. The Morgan fingerprint density at radius 1 is 1.57 bits per heavy atom. The van der Waals surface area contributed by atoms with Crippen LogP contribution in [0.1, 0.15) is 5.56 Å². The second-order valence-electron chi connectivity index (χ2n) is 2.83. The van der Waals surface area contributed by atoms with Gasteiger partial charge in [0.2, 0.25) is 0 Å². The number of nitrogen functional groups attached to an aromatic ring is 1. The van der Waals surface area contributed by atoms with Crippen LogP contribution in [0.3, 0.4) is 0 Å². The van der Waals surface area contributed by atoms with Gasteiger partial charge >= 0.3 is 5.97 Å². The predicted octanol–water partition coefficient (Wildman–Crippen LogP) is 1.71. The van der Waals surface area contributed by atoms with Crippen molar-refractivity contribution in [3.8, 4) is 0 Å². The summed E-state index contributed by atoms with van der Waals surface area (Å²) in [4.78, 5) is 12.0. The van der Waals surface area contributed by atoms with Gasteiger partial charge in [0, 0.05) is 10.6 Å². The molecule has 4 heteroatoms. The lowest BCUT2D eigenvalue weighted by molar-refractivity contribution is -0.139. The van der Waals surface area contributed by atoms with Crippen LogP contribution < -0.4 is 5.73 Å². The van der Waals surface area contributed by atoms with E-state index in [1.165, 1.54) is 7.11 Å². The molecule has 0 heterocycles. The Kier molecular flexibility index (Phi) is 3.83. The van der Waals surface area contributed by atoms with E-state index in [0.717, 1.165) is 16.1 Å². The molecule has 0 aromatic heterocycles. The number of nitrogens with two attached hydrogens (primary N) is 1. The second kappa shape index (κ2) is 4.91. The summed E-state index contributed by atoms with van der Waals surface area (Å²) in [7, 11) is 1.38. The minimum Gasteiger partial charge on any atom is -0.469 e. The summed E-state index contributed by atoms with van der Waals surface area (Å²) in [5.41, 5.74) is 7.39. The fourth-order valence-corrected chi connectivity index (χ4v) is 1.68. The number of anilines is 1. The van der Waals surface area contributed by atoms with Crippen LogP contribution in [-0.4, -0.2) is 19.3 Å². The van der Waals surface area contributed by atoms with E-state index in [4.69, 9.17) is 5.73 Å². The van der Waals surface area contributed by atoms with Crippen LogP contribution in [0.15, 0.2) is 23.1 Å². The maximum atomic E-state index is 11.0. The van der Waals surface area contributed by atoms with Crippen molar-refractivity contribution in [2.75, 3.05) is 19.1 Å². The fourth-order valence-electron chi connectivity index (χ4n) is 1.10. The monoisotopic (exact) mass is 211 g/mol. The molecule has 0 aliphatic carbocycles. The first kappa shape index (κ1) is 10.9. The van der Waals surface area contributed by atoms with Gasteiger partial charge in [0.15, 0.2) is 0 Å². The van der Waals surface area contributed by atoms with E-state index in [-0.39, 0.29) is 5.97 Å². The third kappa shape index (κ3) is 2.67. The van der Waals surface area contributed by atoms with Crippen LogP contribution >= 0.6 is 11.8 Å². The first-order valence-corrected chi connectivity index (χ1v) is 5.39. The van der Waals surface area contributed by atoms with E-state index in [1.54, 1.807) is 11.8 Å².